The number of aliphatic hydroxyl groups is 1. The topological polar surface area (TPSA) is 32.3 Å². The number of benzene rings is 1. The molecular weight excluding hydrogens is 323 g/mol. The summed E-state index contributed by atoms with van der Waals surface area (Å²) < 4.78 is 39.4. The zero-order valence-electron chi connectivity index (χ0n) is 10.8. The van der Waals surface area contributed by atoms with Gasteiger partial charge in [-0.3, -0.25) is 0 Å². The van der Waals surface area contributed by atoms with E-state index in [0.29, 0.717) is 17.3 Å². The van der Waals surface area contributed by atoms with Crippen molar-refractivity contribution >= 4 is 21.6 Å². The van der Waals surface area contributed by atoms with Crippen LogP contribution in [0.4, 0.5) is 18.9 Å². The van der Waals surface area contributed by atoms with Crippen LogP contribution in [-0.2, 0) is 6.18 Å². The Hall–Kier alpha value is -0.750. The smallest absolute Gasteiger partial charge is 0.396 e. The van der Waals surface area contributed by atoms with Crippen molar-refractivity contribution in [1.29, 1.82) is 0 Å². The number of halogens is 4. The molecule has 2 N–H and O–H groups in total. The molecule has 0 aliphatic carbocycles. The average Bonchev–Trinajstić information content (AvgIpc) is 2.27. The quantitative estimate of drug-likeness (QED) is 0.831. The maximum absolute atomic E-state index is 12.9. The highest BCUT2D eigenvalue weighted by Gasteiger charge is 2.35. The molecule has 0 fully saturated rings. The fourth-order valence-electron chi connectivity index (χ4n) is 1.77. The third kappa shape index (κ3) is 4.38. The Balaban J connectivity index is 3.15. The van der Waals surface area contributed by atoms with Gasteiger partial charge in [-0.15, -0.1) is 0 Å². The molecule has 0 aliphatic heterocycles. The molecule has 1 aromatic carbocycles. The number of anilines is 1. The van der Waals surface area contributed by atoms with Crippen LogP contribution in [0.15, 0.2) is 22.7 Å². The molecule has 0 spiro atoms. The standard InChI is InChI=1S/C13H17BrF3NO/c1-3-12(2,6-7-19)18-11-8-9(14)4-5-10(11)13(15,16)17/h4-5,8,18-19H,3,6-7H2,1-2H3. The number of hydrogen-bond acceptors (Lipinski definition) is 2. The Morgan fingerprint density at radius 3 is 2.42 bits per heavy atom. The number of hydrogen-bond donors (Lipinski definition) is 2. The average molecular weight is 340 g/mol. The van der Waals surface area contributed by atoms with Crippen molar-refractivity contribution in [2.45, 2.75) is 38.4 Å². The van der Waals surface area contributed by atoms with E-state index in [-0.39, 0.29) is 12.3 Å². The van der Waals surface area contributed by atoms with E-state index >= 15 is 0 Å². The molecule has 0 aromatic heterocycles. The number of alkyl halides is 3. The highest BCUT2D eigenvalue weighted by atomic mass is 79.9. The minimum absolute atomic E-state index is 0.0275. The van der Waals surface area contributed by atoms with Crippen LogP contribution in [0, 0.1) is 0 Å². The van der Waals surface area contributed by atoms with E-state index in [2.05, 4.69) is 21.2 Å². The SMILES string of the molecule is CCC(C)(CCO)Nc1cc(Br)ccc1C(F)(F)F. The van der Waals surface area contributed by atoms with E-state index in [1.54, 1.807) is 6.92 Å². The first-order valence-electron chi connectivity index (χ1n) is 5.97. The van der Waals surface area contributed by atoms with Gasteiger partial charge in [0.1, 0.15) is 0 Å². The minimum atomic E-state index is -4.41. The van der Waals surface area contributed by atoms with Gasteiger partial charge in [0.2, 0.25) is 0 Å². The summed E-state index contributed by atoms with van der Waals surface area (Å²) in [6.07, 6.45) is -3.42. The van der Waals surface area contributed by atoms with E-state index < -0.39 is 17.3 Å². The van der Waals surface area contributed by atoms with E-state index in [0.717, 1.165) is 6.07 Å². The molecule has 0 heterocycles. The summed E-state index contributed by atoms with van der Waals surface area (Å²) in [5.41, 5.74) is -1.25. The minimum Gasteiger partial charge on any atom is -0.396 e. The van der Waals surface area contributed by atoms with E-state index in [9.17, 15) is 13.2 Å². The van der Waals surface area contributed by atoms with Gasteiger partial charge in [0, 0.05) is 22.3 Å². The Labute approximate surface area is 119 Å². The number of nitrogens with one attached hydrogen (secondary N) is 1. The molecule has 108 valence electrons. The molecule has 1 unspecified atom stereocenters. The van der Waals surface area contributed by atoms with Crippen molar-refractivity contribution in [3.8, 4) is 0 Å². The lowest BCUT2D eigenvalue weighted by Gasteiger charge is -2.31. The normalized spacial score (nSPS) is 15.1. The van der Waals surface area contributed by atoms with Gasteiger partial charge in [0.05, 0.1) is 5.56 Å². The van der Waals surface area contributed by atoms with Gasteiger partial charge < -0.3 is 10.4 Å². The van der Waals surface area contributed by atoms with Crippen LogP contribution in [0.3, 0.4) is 0 Å². The first-order valence-corrected chi connectivity index (χ1v) is 6.77. The highest BCUT2D eigenvalue weighted by Crippen LogP contribution is 2.38. The summed E-state index contributed by atoms with van der Waals surface area (Å²) in [6, 6.07) is 3.82. The Bertz CT molecular complexity index is 436. The van der Waals surface area contributed by atoms with Crippen molar-refractivity contribution in [3.05, 3.63) is 28.2 Å². The van der Waals surface area contributed by atoms with Crippen LogP contribution >= 0.6 is 15.9 Å². The lowest BCUT2D eigenvalue weighted by Crippen LogP contribution is -2.35. The molecule has 0 bridgehead atoms. The molecule has 2 nitrogen and oxygen atoms in total. The lowest BCUT2D eigenvalue weighted by molar-refractivity contribution is -0.137. The van der Waals surface area contributed by atoms with Crippen molar-refractivity contribution in [2.24, 2.45) is 0 Å². The third-order valence-corrected chi connectivity index (χ3v) is 3.66. The number of aliphatic hydroxyl groups excluding tert-OH is 1. The summed E-state index contributed by atoms with van der Waals surface area (Å²) >= 11 is 3.17. The summed E-state index contributed by atoms with van der Waals surface area (Å²) in [6.45, 7) is 3.59. The molecule has 1 aromatic rings. The summed E-state index contributed by atoms with van der Waals surface area (Å²) in [5.74, 6) is 0. The van der Waals surface area contributed by atoms with E-state index in [4.69, 9.17) is 5.11 Å². The van der Waals surface area contributed by atoms with Crippen molar-refractivity contribution in [2.75, 3.05) is 11.9 Å². The number of rotatable bonds is 5. The van der Waals surface area contributed by atoms with Gasteiger partial charge in [-0.2, -0.15) is 13.2 Å². The fourth-order valence-corrected chi connectivity index (χ4v) is 2.13. The van der Waals surface area contributed by atoms with Crippen LogP contribution < -0.4 is 5.32 Å². The van der Waals surface area contributed by atoms with E-state index in [1.807, 2.05) is 6.92 Å². The van der Waals surface area contributed by atoms with Gasteiger partial charge in [-0.05, 0) is 38.0 Å². The Kier molecular flexibility index (Phi) is 5.26. The van der Waals surface area contributed by atoms with Crippen molar-refractivity contribution in [1.82, 2.24) is 0 Å². The molecule has 19 heavy (non-hydrogen) atoms. The maximum atomic E-state index is 12.9. The Morgan fingerprint density at radius 2 is 1.95 bits per heavy atom. The van der Waals surface area contributed by atoms with Crippen LogP contribution in [0.5, 0.6) is 0 Å². The molecule has 1 rings (SSSR count). The van der Waals surface area contributed by atoms with Gasteiger partial charge >= 0.3 is 6.18 Å². The zero-order valence-corrected chi connectivity index (χ0v) is 12.4. The lowest BCUT2D eigenvalue weighted by atomic mass is 9.94. The molecule has 0 saturated carbocycles. The van der Waals surface area contributed by atoms with Gasteiger partial charge in [-0.25, -0.2) is 0 Å². The van der Waals surface area contributed by atoms with Gasteiger partial charge in [0.25, 0.3) is 0 Å². The first kappa shape index (κ1) is 16.3. The van der Waals surface area contributed by atoms with Crippen molar-refractivity contribution in [3.63, 3.8) is 0 Å². The molecule has 0 amide bonds. The summed E-state index contributed by atoms with van der Waals surface area (Å²) in [5, 5.41) is 11.9. The molecule has 6 heteroatoms. The maximum Gasteiger partial charge on any atom is 0.418 e. The second-order valence-corrected chi connectivity index (χ2v) is 5.62. The van der Waals surface area contributed by atoms with Crippen LogP contribution in [-0.4, -0.2) is 17.3 Å². The monoisotopic (exact) mass is 339 g/mol. The van der Waals surface area contributed by atoms with Gasteiger partial charge in [0.15, 0.2) is 0 Å². The Morgan fingerprint density at radius 1 is 1.32 bits per heavy atom. The second kappa shape index (κ2) is 6.13. The molecule has 0 saturated heterocycles. The summed E-state index contributed by atoms with van der Waals surface area (Å²) in [4.78, 5) is 0. The highest BCUT2D eigenvalue weighted by molar-refractivity contribution is 9.10. The molecule has 0 aliphatic rings. The fraction of sp³-hybridized carbons (Fsp3) is 0.538. The zero-order chi connectivity index (χ0) is 14.7. The molecule has 1 atom stereocenters. The van der Waals surface area contributed by atoms with E-state index in [1.165, 1.54) is 12.1 Å². The predicted octanol–water partition coefficient (Wildman–Crippen LogP) is 4.43. The van der Waals surface area contributed by atoms with Crippen LogP contribution in [0.1, 0.15) is 32.3 Å². The van der Waals surface area contributed by atoms with Crippen LogP contribution in [0.2, 0.25) is 0 Å². The van der Waals surface area contributed by atoms with Crippen LogP contribution in [0.25, 0.3) is 0 Å². The molecule has 0 radical (unpaired) electrons. The first-order chi connectivity index (χ1) is 8.72. The second-order valence-electron chi connectivity index (χ2n) is 4.70. The molecular formula is C13H17BrF3NO. The summed E-state index contributed by atoms with van der Waals surface area (Å²) in [7, 11) is 0. The largest absolute Gasteiger partial charge is 0.418 e. The predicted molar refractivity (Wildman–Crippen MR) is 73.2 cm³/mol. The third-order valence-electron chi connectivity index (χ3n) is 3.17. The van der Waals surface area contributed by atoms with Crippen molar-refractivity contribution < 1.29 is 18.3 Å². The van der Waals surface area contributed by atoms with Gasteiger partial charge in [-0.1, -0.05) is 22.9 Å².